The molecule has 1 fully saturated rings. The molecule has 1 atom stereocenters. The standard InChI is InChI=1S/C14H19ClN2O/c1-9-5-12(15)14(10(2)16)13(6-9)17-7-11-3-4-18-8-11/h5-6,11,16-17H,3-4,7-8H2,1-2H3. The summed E-state index contributed by atoms with van der Waals surface area (Å²) in [5.41, 5.74) is 3.36. The maximum atomic E-state index is 7.83. The zero-order valence-electron chi connectivity index (χ0n) is 10.8. The first kappa shape index (κ1) is 13.4. The van der Waals surface area contributed by atoms with Crippen molar-refractivity contribution in [2.45, 2.75) is 20.3 Å². The Morgan fingerprint density at radius 2 is 2.33 bits per heavy atom. The van der Waals surface area contributed by atoms with E-state index in [0.717, 1.165) is 43.0 Å². The van der Waals surface area contributed by atoms with Crippen molar-refractivity contribution in [1.29, 1.82) is 5.41 Å². The first-order valence-corrected chi connectivity index (χ1v) is 6.63. The number of halogens is 1. The minimum absolute atomic E-state index is 0.491. The van der Waals surface area contributed by atoms with E-state index in [1.165, 1.54) is 0 Å². The van der Waals surface area contributed by atoms with Crippen LogP contribution in [0.25, 0.3) is 0 Å². The number of hydrogen-bond acceptors (Lipinski definition) is 3. The van der Waals surface area contributed by atoms with Crippen LogP contribution in [0.3, 0.4) is 0 Å². The molecule has 0 radical (unpaired) electrons. The van der Waals surface area contributed by atoms with Gasteiger partial charge in [-0.3, -0.25) is 0 Å². The molecule has 2 rings (SSSR count). The van der Waals surface area contributed by atoms with E-state index in [1.807, 2.05) is 13.0 Å². The number of nitrogens with one attached hydrogen (secondary N) is 2. The Morgan fingerprint density at radius 3 is 2.94 bits per heavy atom. The molecule has 1 saturated heterocycles. The van der Waals surface area contributed by atoms with Crippen LogP contribution in [0.5, 0.6) is 0 Å². The summed E-state index contributed by atoms with van der Waals surface area (Å²) in [6.07, 6.45) is 1.10. The normalized spacial score (nSPS) is 18.9. The van der Waals surface area contributed by atoms with E-state index in [4.69, 9.17) is 21.7 Å². The molecular weight excluding hydrogens is 248 g/mol. The smallest absolute Gasteiger partial charge is 0.0519 e. The first-order chi connectivity index (χ1) is 8.58. The summed E-state index contributed by atoms with van der Waals surface area (Å²) in [6, 6.07) is 3.95. The van der Waals surface area contributed by atoms with Crippen LogP contribution >= 0.6 is 11.6 Å². The Kier molecular flexibility index (Phi) is 4.25. The van der Waals surface area contributed by atoms with Crippen molar-refractivity contribution >= 4 is 23.0 Å². The van der Waals surface area contributed by atoms with Crippen LogP contribution in [0.15, 0.2) is 12.1 Å². The Labute approximate surface area is 113 Å². The highest BCUT2D eigenvalue weighted by atomic mass is 35.5. The fourth-order valence-electron chi connectivity index (χ4n) is 2.26. The van der Waals surface area contributed by atoms with Gasteiger partial charge in [0.25, 0.3) is 0 Å². The molecule has 1 aromatic rings. The predicted octanol–water partition coefficient (Wildman–Crippen LogP) is 3.48. The topological polar surface area (TPSA) is 45.1 Å². The molecule has 1 aliphatic heterocycles. The van der Waals surface area contributed by atoms with Crippen molar-refractivity contribution in [1.82, 2.24) is 0 Å². The molecule has 4 heteroatoms. The molecule has 0 aromatic heterocycles. The highest BCUT2D eigenvalue weighted by Crippen LogP contribution is 2.27. The molecule has 98 valence electrons. The highest BCUT2D eigenvalue weighted by molar-refractivity contribution is 6.34. The van der Waals surface area contributed by atoms with E-state index in [-0.39, 0.29) is 0 Å². The van der Waals surface area contributed by atoms with Crippen LogP contribution in [-0.2, 0) is 4.74 Å². The van der Waals surface area contributed by atoms with Crippen LogP contribution in [0, 0.1) is 18.3 Å². The maximum Gasteiger partial charge on any atom is 0.0519 e. The second kappa shape index (κ2) is 5.72. The van der Waals surface area contributed by atoms with Crippen LogP contribution < -0.4 is 5.32 Å². The number of benzene rings is 1. The summed E-state index contributed by atoms with van der Waals surface area (Å²) in [4.78, 5) is 0. The molecule has 3 nitrogen and oxygen atoms in total. The van der Waals surface area contributed by atoms with E-state index >= 15 is 0 Å². The number of anilines is 1. The van der Waals surface area contributed by atoms with Gasteiger partial charge in [0.2, 0.25) is 0 Å². The highest BCUT2D eigenvalue weighted by Gasteiger charge is 2.17. The third kappa shape index (κ3) is 3.03. The third-order valence-electron chi connectivity index (χ3n) is 3.21. The van der Waals surface area contributed by atoms with E-state index in [1.54, 1.807) is 6.92 Å². The van der Waals surface area contributed by atoms with Crippen molar-refractivity contribution in [3.63, 3.8) is 0 Å². The van der Waals surface area contributed by atoms with Gasteiger partial charge >= 0.3 is 0 Å². The molecule has 2 N–H and O–H groups in total. The fraction of sp³-hybridized carbons (Fsp3) is 0.500. The van der Waals surface area contributed by atoms with Gasteiger partial charge in [0.05, 0.1) is 11.6 Å². The van der Waals surface area contributed by atoms with Gasteiger partial charge in [-0.25, -0.2) is 0 Å². The summed E-state index contributed by atoms with van der Waals surface area (Å²) in [6.45, 7) is 6.34. The molecule has 0 amide bonds. The van der Waals surface area contributed by atoms with Gasteiger partial charge in [-0.1, -0.05) is 11.6 Å². The quantitative estimate of drug-likeness (QED) is 0.820. The number of ether oxygens (including phenoxy) is 1. The Balaban J connectivity index is 2.16. The van der Waals surface area contributed by atoms with Gasteiger partial charge in [-0.2, -0.15) is 0 Å². The van der Waals surface area contributed by atoms with Crippen LogP contribution in [0.4, 0.5) is 5.69 Å². The van der Waals surface area contributed by atoms with Gasteiger partial charge in [-0.05, 0) is 38.0 Å². The lowest BCUT2D eigenvalue weighted by Crippen LogP contribution is -2.16. The summed E-state index contributed by atoms with van der Waals surface area (Å²) < 4.78 is 5.36. The Bertz CT molecular complexity index is 453. The van der Waals surface area contributed by atoms with Crippen LogP contribution in [0.1, 0.15) is 24.5 Å². The molecule has 1 aromatic carbocycles. The molecule has 1 heterocycles. The van der Waals surface area contributed by atoms with Gasteiger partial charge in [0, 0.05) is 36.0 Å². The minimum Gasteiger partial charge on any atom is -0.384 e. The lowest BCUT2D eigenvalue weighted by atomic mass is 10.0. The number of hydrogen-bond donors (Lipinski definition) is 2. The van der Waals surface area contributed by atoms with E-state index < -0.39 is 0 Å². The number of rotatable bonds is 4. The Morgan fingerprint density at radius 1 is 1.56 bits per heavy atom. The summed E-state index contributed by atoms with van der Waals surface area (Å²) >= 11 is 6.22. The van der Waals surface area contributed by atoms with E-state index in [0.29, 0.717) is 16.7 Å². The van der Waals surface area contributed by atoms with Gasteiger partial charge in [0.15, 0.2) is 0 Å². The molecule has 1 unspecified atom stereocenters. The van der Waals surface area contributed by atoms with Gasteiger partial charge in [-0.15, -0.1) is 0 Å². The van der Waals surface area contributed by atoms with Crippen molar-refractivity contribution in [3.05, 3.63) is 28.3 Å². The predicted molar refractivity (Wildman–Crippen MR) is 76.1 cm³/mol. The molecular formula is C14H19ClN2O. The van der Waals surface area contributed by atoms with E-state index in [2.05, 4.69) is 11.4 Å². The first-order valence-electron chi connectivity index (χ1n) is 6.25. The molecule has 18 heavy (non-hydrogen) atoms. The molecule has 0 bridgehead atoms. The van der Waals surface area contributed by atoms with Gasteiger partial charge < -0.3 is 15.5 Å². The third-order valence-corrected chi connectivity index (χ3v) is 3.51. The van der Waals surface area contributed by atoms with Crippen molar-refractivity contribution in [2.24, 2.45) is 5.92 Å². The average molecular weight is 267 g/mol. The second-order valence-electron chi connectivity index (χ2n) is 4.90. The van der Waals surface area contributed by atoms with Crippen LogP contribution in [-0.4, -0.2) is 25.5 Å². The molecule has 0 spiro atoms. The lowest BCUT2D eigenvalue weighted by molar-refractivity contribution is 0.187. The van der Waals surface area contributed by atoms with Crippen LogP contribution in [0.2, 0.25) is 5.02 Å². The molecule has 1 aliphatic rings. The van der Waals surface area contributed by atoms with Crippen molar-refractivity contribution in [2.75, 3.05) is 25.1 Å². The molecule has 0 aliphatic carbocycles. The van der Waals surface area contributed by atoms with Crippen molar-refractivity contribution < 1.29 is 4.74 Å². The SMILES string of the molecule is CC(=N)c1c(Cl)cc(C)cc1NCC1CCOC1. The monoisotopic (exact) mass is 266 g/mol. The lowest BCUT2D eigenvalue weighted by Gasteiger charge is -2.16. The number of aryl methyl sites for hydroxylation is 1. The molecule has 0 saturated carbocycles. The zero-order valence-corrected chi connectivity index (χ0v) is 11.6. The maximum absolute atomic E-state index is 7.83. The van der Waals surface area contributed by atoms with E-state index in [9.17, 15) is 0 Å². The second-order valence-corrected chi connectivity index (χ2v) is 5.31. The van der Waals surface area contributed by atoms with Crippen molar-refractivity contribution in [3.8, 4) is 0 Å². The summed E-state index contributed by atoms with van der Waals surface area (Å²) in [7, 11) is 0. The summed E-state index contributed by atoms with van der Waals surface area (Å²) in [5.74, 6) is 0.558. The fourth-order valence-corrected chi connectivity index (χ4v) is 2.68. The van der Waals surface area contributed by atoms with Gasteiger partial charge in [0.1, 0.15) is 0 Å². The Hall–Kier alpha value is -1.06. The largest absolute Gasteiger partial charge is 0.384 e. The zero-order chi connectivity index (χ0) is 13.1. The summed E-state index contributed by atoms with van der Waals surface area (Å²) in [5, 5.41) is 11.9. The minimum atomic E-state index is 0.491. The average Bonchev–Trinajstić information content (AvgIpc) is 2.77.